The molecule has 0 saturated heterocycles. The Kier molecular flexibility index (Phi) is 3.77. The van der Waals surface area contributed by atoms with Gasteiger partial charge in [-0.25, -0.2) is 4.39 Å². The fourth-order valence-corrected chi connectivity index (χ4v) is 1.28. The van der Waals surface area contributed by atoms with Crippen molar-refractivity contribution >= 4 is 27.5 Å². The first-order valence-electron chi connectivity index (χ1n) is 3.65. The van der Waals surface area contributed by atoms with E-state index in [0.29, 0.717) is 21.5 Å². The molecule has 3 heteroatoms. The normalized spacial score (nSPS) is 9.23. The number of halogens is 3. The van der Waals surface area contributed by atoms with Crippen molar-refractivity contribution in [1.82, 2.24) is 0 Å². The Morgan fingerprint density at radius 1 is 1.54 bits per heavy atom. The predicted octanol–water partition coefficient (Wildman–Crippen LogP) is 3.53. The molecule has 0 aliphatic carbocycles. The molecule has 0 nitrogen and oxygen atoms in total. The first-order valence-corrected chi connectivity index (χ1v) is 5.15. The molecule has 0 unspecified atom stereocenters. The third-order valence-corrected chi connectivity index (χ3v) is 2.13. The maximum atomic E-state index is 13.0. The quantitative estimate of drug-likeness (QED) is 0.495. The first kappa shape index (κ1) is 10.6. The van der Waals surface area contributed by atoms with E-state index in [-0.39, 0.29) is 5.82 Å². The minimum absolute atomic E-state index is 0.275. The van der Waals surface area contributed by atoms with Crippen molar-refractivity contribution in [2.75, 3.05) is 5.33 Å². The molecule has 0 fully saturated rings. The molecule has 13 heavy (non-hydrogen) atoms. The zero-order valence-electron chi connectivity index (χ0n) is 7.00. The maximum absolute atomic E-state index is 13.0. The number of rotatable bonds is 0. The summed E-state index contributed by atoms with van der Waals surface area (Å²) in [5.74, 6) is 5.25. The van der Waals surface area contributed by atoms with Crippen molar-refractivity contribution in [3.05, 3.63) is 34.1 Å². The van der Waals surface area contributed by atoms with Crippen LogP contribution >= 0.6 is 27.5 Å². The molecule has 0 aromatic heterocycles. The lowest BCUT2D eigenvalue weighted by Gasteiger charge is -1.99. The van der Waals surface area contributed by atoms with E-state index in [9.17, 15) is 4.39 Å². The average molecular weight is 262 g/mol. The van der Waals surface area contributed by atoms with Gasteiger partial charge in [0, 0.05) is 5.56 Å². The molecule has 0 aliphatic rings. The van der Waals surface area contributed by atoms with Gasteiger partial charge in [0.25, 0.3) is 0 Å². The third kappa shape index (κ3) is 2.72. The molecule has 1 aromatic carbocycles. The summed E-state index contributed by atoms with van der Waals surface area (Å²) >= 11 is 9.01. The Balaban J connectivity index is 3.16. The van der Waals surface area contributed by atoms with Gasteiger partial charge in [-0.15, -0.1) is 0 Å². The predicted molar refractivity (Wildman–Crippen MR) is 56.8 cm³/mol. The van der Waals surface area contributed by atoms with Crippen molar-refractivity contribution in [2.45, 2.75) is 6.92 Å². The van der Waals surface area contributed by atoms with E-state index in [1.54, 1.807) is 13.0 Å². The Bertz CT molecular complexity index is 376. The molecule has 0 heterocycles. The van der Waals surface area contributed by atoms with Crippen LogP contribution in [0.3, 0.4) is 0 Å². The largest absolute Gasteiger partial charge is 0.207 e. The van der Waals surface area contributed by atoms with Gasteiger partial charge in [0.15, 0.2) is 0 Å². The van der Waals surface area contributed by atoms with E-state index in [2.05, 4.69) is 27.8 Å². The summed E-state index contributed by atoms with van der Waals surface area (Å²) in [5, 5.41) is 1.05. The van der Waals surface area contributed by atoms with E-state index in [1.165, 1.54) is 6.07 Å². The fourth-order valence-electron chi connectivity index (χ4n) is 0.871. The highest BCUT2D eigenvalue weighted by Crippen LogP contribution is 2.19. The van der Waals surface area contributed by atoms with Gasteiger partial charge in [0.1, 0.15) is 5.82 Å². The number of benzene rings is 1. The summed E-state index contributed by atoms with van der Waals surface area (Å²) < 4.78 is 13.0. The van der Waals surface area contributed by atoms with Crippen LogP contribution in [0.1, 0.15) is 11.1 Å². The van der Waals surface area contributed by atoms with Crippen LogP contribution in [0.2, 0.25) is 5.02 Å². The van der Waals surface area contributed by atoms with Crippen molar-refractivity contribution in [3.8, 4) is 11.8 Å². The third-order valence-electron chi connectivity index (χ3n) is 1.54. The smallest absolute Gasteiger partial charge is 0.127 e. The highest BCUT2D eigenvalue weighted by atomic mass is 79.9. The van der Waals surface area contributed by atoms with E-state index in [1.807, 2.05) is 0 Å². The molecular weight excluding hydrogens is 254 g/mol. The van der Waals surface area contributed by atoms with Crippen LogP contribution < -0.4 is 0 Å². The first-order chi connectivity index (χ1) is 6.15. The molecule has 0 amide bonds. The molecule has 0 aliphatic heterocycles. The summed E-state index contributed by atoms with van der Waals surface area (Å²) in [6.07, 6.45) is 0. The van der Waals surface area contributed by atoms with Gasteiger partial charge in [0.05, 0.1) is 10.4 Å². The second-order valence-corrected chi connectivity index (χ2v) is 3.48. The lowest BCUT2D eigenvalue weighted by atomic mass is 10.1. The summed E-state index contributed by atoms with van der Waals surface area (Å²) in [7, 11) is 0. The number of aryl methyl sites for hydroxylation is 1. The van der Waals surface area contributed by atoms with E-state index < -0.39 is 0 Å². The highest BCUT2D eigenvalue weighted by Gasteiger charge is 2.02. The van der Waals surface area contributed by atoms with Gasteiger partial charge >= 0.3 is 0 Å². The molecule has 0 radical (unpaired) electrons. The molecule has 0 bridgehead atoms. The Hall–Kier alpha value is -0.520. The molecule has 0 spiro atoms. The molecule has 0 saturated carbocycles. The Labute approximate surface area is 90.2 Å². The summed E-state index contributed by atoms with van der Waals surface area (Å²) in [4.78, 5) is 0. The van der Waals surface area contributed by atoms with Gasteiger partial charge in [-0.3, -0.25) is 0 Å². The van der Waals surface area contributed by atoms with Crippen LogP contribution in [0, 0.1) is 24.6 Å². The van der Waals surface area contributed by atoms with Crippen LogP contribution in [0.15, 0.2) is 12.1 Å². The van der Waals surface area contributed by atoms with Gasteiger partial charge in [-0.2, -0.15) is 0 Å². The second-order valence-electron chi connectivity index (χ2n) is 2.52. The second kappa shape index (κ2) is 4.64. The Morgan fingerprint density at radius 2 is 2.23 bits per heavy atom. The minimum Gasteiger partial charge on any atom is -0.207 e. The van der Waals surface area contributed by atoms with Crippen molar-refractivity contribution in [1.29, 1.82) is 0 Å². The monoisotopic (exact) mass is 260 g/mol. The number of alkyl halides is 1. The zero-order valence-corrected chi connectivity index (χ0v) is 9.34. The number of hydrogen-bond acceptors (Lipinski definition) is 0. The minimum atomic E-state index is -0.275. The summed E-state index contributed by atoms with van der Waals surface area (Å²) in [6, 6.07) is 2.93. The molecular formula is C10H7BrClF. The SMILES string of the molecule is Cc1cc(Cl)c(C#CCBr)cc1F. The Morgan fingerprint density at radius 3 is 2.85 bits per heavy atom. The lowest BCUT2D eigenvalue weighted by Crippen LogP contribution is -1.86. The highest BCUT2D eigenvalue weighted by molar-refractivity contribution is 9.09. The van der Waals surface area contributed by atoms with Crippen LogP contribution in [0.25, 0.3) is 0 Å². The standard InChI is InChI=1S/C10H7BrClF/c1-7-5-9(12)8(3-2-4-11)6-10(7)13/h5-6H,4H2,1H3. The topological polar surface area (TPSA) is 0 Å². The average Bonchev–Trinajstić information content (AvgIpc) is 2.09. The van der Waals surface area contributed by atoms with Crippen LogP contribution in [0.5, 0.6) is 0 Å². The maximum Gasteiger partial charge on any atom is 0.127 e. The van der Waals surface area contributed by atoms with Gasteiger partial charge < -0.3 is 0 Å². The fraction of sp³-hybridized carbons (Fsp3) is 0.200. The summed E-state index contributed by atoms with van der Waals surface area (Å²) in [5.41, 5.74) is 1.07. The van der Waals surface area contributed by atoms with Gasteiger partial charge in [-0.1, -0.05) is 39.4 Å². The van der Waals surface area contributed by atoms with E-state index in [0.717, 1.165) is 0 Å². The van der Waals surface area contributed by atoms with E-state index >= 15 is 0 Å². The lowest BCUT2D eigenvalue weighted by molar-refractivity contribution is 0.618. The summed E-state index contributed by atoms with van der Waals surface area (Å²) in [6.45, 7) is 1.67. The molecule has 0 N–H and O–H groups in total. The van der Waals surface area contributed by atoms with Crippen LogP contribution in [-0.2, 0) is 0 Å². The van der Waals surface area contributed by atoms with Crippen LogP contribution in [0.4, 0.5) is 4.39 Å². The van der Waals surface area contributed by atoms with Gasteiger partial charge in [0.2, 0.25) is 0 Å². The number of hydrogen-bond donors (Lipinski definition) is 0. The molecule has 0 atom stereocenters. The molecule has 1 rings (SSSR count). The zero-order chi connectivity index (χ0) is 9.84. The molecule has 1 aromatic rings. The van der Waals surface area contributed by atoms with Gasteiger partial charge in [-0.05, 0) is 24.6 Å². The van der Waals surface area contributed by atoms with Crippen molar-refractivity contribution < 1.29 is 4.39 Å². The van der Waals surface area contributed by atoms with Crippen molar-refractivity contribution in [3.63, 3.8) is 0 Å². The van der Waals surface area contributed by atoms with E-state index in [4.69, 9.17) is 11.6 Å². The van der Waals surface area contributed by atoms with Crippen molar-refractivity contribution in [2.24, 2.45) is 0 Å². The van der Waals surface area contributed by atoms with Crippen LogP contribution in [-0.4, -0.2) is 5.33 Å². The molecule has 68 valence electrons.